The molecular formula is C14H21FN2O3S. The van der Waals surface area contributed by atoms with Crippen molar-refractivity contribution in [3.63, 3.8) is 0 Å². The van der Waals surface area contributed by atoms with Crippen molar-refractivity contribution >= 4 is 10.0 Å². The summed E-state index contributed by atoms with van der Waals surface area (Å²) in [5.41, 5.74) is -0.806. The first-order chi connectivity index (χ1) is 9.68. The molecule has 0 spiro atoms. The Hall–Kier alpha value is -1.05. The summed E-state index contributed by atoms with van der Waals surface area (Å²) in [5, 5.41) is 10.6. The summed E-state index contributed by atoms with van der Waals surface area (Å²) in [6.45, 7) is 2.54. The molecule has 0 aliphatic carbocycles. The van der Waals surface area contributed by atoms with E-state index in [0.29, 0.717) is 25.1 Å². The van der Waals surface area contributed by atoms with E-state index in [1.807, 2.05) is 0 Å². The van der Waals surface area contributed by atoms with Gasteiger partial charge in [0, 0.05) is 24.8 Å². The number of aliphatic hydroxyl groups is 1. The lowest BCUT2D eigenvalue weighted by molar-refractivity contribution is 0.0205. The normalized spacial score (nSPS) is 23.7. The van der Waals surface area contributed by atoms with E-state index in [9.17, 15) is 17.9 Å². The number of halogens is 1. The summed E-state index contributed by atoms with van der Waals surface area (Å²) in [6, 6.07) is 1.27. The summed E-state index contributed by atoms with van der Waals surface area (Å²) in [4.78, 5) is 3.76. The van der Waals surface area contributed by atoms with Crippen LogP contribution in [-0.2, 0) is 15.6 Å². The zero-order valence-electron chi connectivity index (χ0n) is 12.3. The first kappa shape index (κ1) is 16.3. The highest BCUT2D eigenvalue weighted by Crippen LogP contribution is 2.32. The Bertz CT molecular complexity index is 604. The highest BCUT2D eigenvalue weighted by molar-refractivity contribution is 7.88. The lowest BCUT2D eigenvalue weighted by atomic mass is 9.83. The fourth-order valence-corrected chi connectivity index (χ4v) is 3.82. The van der Waals surface area contributed by atoms with Crippen molar-refractivity contribution in [2.24, 2.45) is 5.92 Å². The number of hydrogen-bond acceptors (Lipinski definition) is 4. The number of rotatable bonds is 4. The van der Waals surface area contributed by atoms with Crippen LogP contribution in [-0.4, -0.2) is 42.2 Å². The number of pyridine rings is 1. The quantitative estimate of drug-likeness (QED) is 0.913. The molecular weight excluding hydrogens is 295 g/mol. The molecule has 1 saturated heterocycles. The second kappa shape index (κ2) is 5.98. The smallest absolute Gasteiger partial charge is 0.211 e. The molecule has 21 heavy (non-hydrogen) atoms. The molecule has 0 bridgehead atoms. The molecule has 0 amide bonds. The van der Waals surface area contributed by atoms with Gasteiger partial charge in [-0.3, -0.25) is 4.98 Å². The van der Waals surface area contributed by atoms with Crippen LogP contribution >= 0.6 is 0 Å². The molecule has 7 heteroatoms. The van der Waals surface area contributed by atoms with Crippen LogP contribution in [0.2, 0.25) is 0 Å². The number of hydrogen-bond donors (Lipinski definition) is 1. The summed E-state index contributed by atoms with van der Waals surface area (Å²) in [7, 11) is -3.21. The van der Waals surface area contributed by atoms with Crippen molar-refractivity contribution in [3.8, 4) is 0 Å². The lowest BCUT2D eigenvalue weighted by Crippen LogP contribution is -2.41. The molecule has 0 saturated carbocycles. The van der Waals surface area contributed by atoms with Crippen molar-refractivity contribution < 1.29 is 17.9 Å². The van der Waals surface area contributed by atoms with E-state index in [-0.39, 0.29) is 5.92 Å². The largest absolute Gasteiger partial charge is 0.385 e. The van der Waals surface area contributed by atoms with Gasteiger partial charge in [0.2, 0.25) is 10.0 Å². The minimum absolute atomic E-state index is 0.0479. The average molecular weight is 316 g/mol. The highest BCUT2D eigenvalue weighted by Gasteiger charge is 2.32. The van der Waals surface area contributed by atoms with Crippen LogP contribution in [0.4, 0.5) is 4.39 Å². The van der Waals surface area contributed by atoms with Crippen LogP contribution in [0.25, 0.3) is 0 Å². The molecule has 2 atom stereocenters. The maximum Gasteiger partial charge on any atom is 0.211 e. The van der Waals surface area contributed by atoms with Crippen LogP contribution in [0, 0.1) is 11.7 Å². The molecule has 1 aliphatic heterocycles. The molecule has 1 N–H and O–H groups in total. The standard InChI is InChI=1S/C14H21FN2O3S/c1-14(18,12-6-13(15)9-16-8-12)7-11-4-3-5-17(10-11)21(2,19)20/h6,8-9,11,18H,3-5,7,10H2,1-2H3. The Morgan fingerprint density at radius 2 is 2.24 bits per heavy atom. The monoisotopic (exact) mass is 316 g/mol. The minimum atomic E-state index is -3.21. The molecule has 1 aromatic heterocycles. The third-order valence-corrected chi connectivity index (χ3v) is 5.23. The molecule has 118 valence electrons. The minimum Gasteiger partial charge on any atom is -0.385 e. The molecule has 5 nitrogen and oxygen atoms in total. The van der Waals surface area contributed by atoms with Gasteiger partial charge in [-0.15, -0.1) is 0 Å². The van der Waals surface area contributed by atoms with Gasteiger partial charge in [0.05, 0.1) is 18.1 Å². The molecule has 1 fully saturated rings. The van der Waals surface area contributed by atoms with Crippen molar-refractivity contribution in [1.82, 2.24) is 9.29 Å². The van der Waals surface area contributed by atoms with E-state index in [2.05, 4.69) is 4.98 Å². The number of piperidine rings is 1. The van der Waals surface area contributed by atoms with E-state index in [4.69, 9.17) is 0 Å². The summed E-state index contributed by atoms with van der Waals surface area (Å²) < 4.78 is 37.9. The third-order valence-electron chi connectivity index (χ3n) is 3.96. The second-order valence-electron chi connectivity index (χ2n) is 6.00. The van der Waals surface area contributed by atoms with Crippen LogP contribution in [0.3, 0.4) is 0 Å². The number of aromatic nitrogens is 1. The van der Waals surface area contributed by atoms with E-state index >= 15 is 0 Å². The van der Waals surface area contributed by atoms with E-state index < -0.39 is 21.4 Å². The SMILES string of the molecule is CC(O)(CC1CCCN(S(C)(=O)=O)C1)c1cncc(F)c1. The van der Waals surface area contributed by atoms with Gasteiger partial charge in [0.1, 0.15) is 5.82 Å². The maximum atomic E-state index is 13.2. The Kier molecular flexibility index (Phi) is 4.65. The number of sulfonamides is 1. The van der Waals surface area contributed by atoms with E-state index in [1.54, 1.807) is 6.92 Å². The second-order valence-corrected chi connectivity index (χ2v) is 7.98. The van der Waals surface area contributed by atoms with E-state index in [0.717, 1.165) is 19.0 Å². The van der Waals surface area contributed by atoms with Gasteiger partial charge in [0.25, 0.3) is 0 Å². The van der Waals surface area contributed by atoms with Gasteiger partial charge in [-0.2, -0.15) is 0 Å². The van der Waals surface area contributed by atoms with Gasteiger partial charge in [-0.1, -0.05) is 0 Å². The zero-order chi connectivity index (χ0) is 15.7. The predicted molar refractivity (Wildman–Crippen MR) is 77.5 cm³/mol. The first-order valence-corrected chi connectivity index (χ1v) is 8.82. The Balaban J connectivity index is 2.09. The highest BCUT2D eigenvalue weighted by atomic mass is 32.2. The maximum absolute atomic E-state index is 13.2. The first-order valence-electron chi connectivity index (χ1n) is 6.97. The Morgan fingerprint density at radius 3 is 2.86 bits per heavy atom. The Labute approximate surface area is 124 Å². The topological polar surface area (TPSA) is 70.5 Å². The van der Waals surface area contributed by atoms with Crippen LogP contribution < -0.4 is 0 Å². The lowest BCUT2D eigenvalue weighted by Gasteiger charge is -2.35. The molecule has 2 unspecified atom stereocenters. The molecule has 2 rings (SSSR count). The van der Waals surface area contributed by atoms with Gasteiger partial charge < -0.3 is 5.11 Å². The van der Waals surface area contributed by atoms with Gasteiger partial charge in [-0.25, -0.2) is 17.1 Å². The van der Waals surface area contributed by atoms with Crippen molar-refractivity contribution in [1.29, 1.82) is 0 Å². The molecule has 1 aliphatic rings. The fraction of sp³-hybridized carbons (Fsp3) is 0.643. The molecule has 1 aromatic rings. The van der Waals surface area contributed by atoms with Crippen LogP contribution in [0.5, 0.6) is 0 Å². The summed E-state index contributed by atoms with van der Waals surface area (Å²) >= 11 is 0. The average Bonchev–Trinajstić information content (AvgIpc) is 2.37. The summed E-state index contributed by atoms with van der Waals surface area (Å²) in [6.07, 6.45) is 5.74. The molecule has 0 radical (unpaired) electrons. The Morgan fingerprint density at radius 1 is 1.52 bits per heavy atom. The van der Waals surface area contributed by atoms with Crippen LogP contribution in [0.1, 0.15) is 31.7 Å². The van der Waals surface area contributed by atoms with Gasteiger partial charge >= 0.3 is 0 Å². The predicted octanol–water partition coefficient (Wildman–Crippen LogP) is 1.49. The van der Waals surface area contributed by atoms with Gasteiger partial charge in [-0.05, 0) is 38.2 Å². The summed E-state index contributed by atoms with van der Waals surface area (Å²) in [5.74, 6) is -0.444. The van der Waals surface area contributed by atoms with Crippen molar-refractivity contribution in [2.75, 3.05) is 19.3 Å². The fourth-order valence-electron chi connectivity index (χ4n) is 2.88. The molecule has 0 aromatic carbocycles. The van der Waals surface area contributed by atoms with Crippen molar-refractivity contribution in [3.05, 3.63) is 29.8 Å². The number of nitrogens with zero attached hydrogens (tertiary/aromatic N) is 2. The van der Waals surface area contributed by atoms with Crippen molar-refractivity contribution in [2.45, 2.75) is 31.8 Å². The van der Waals surface area contributed by atoms with Gasteiger partial charge in [0.15, 0.2) is 0 Å². The van der Waals surface area contributed by atoms with E-state index in [1.165, 1.54) is 22.8 Å². The molecule has 2 heterocycles. The van der Waals surface area contributed by atoms with Crippen LogP contribution in [0.15, 0.2) is 18.5 Å². The third kappa shape index (κ3) is 4.21. The zero-order valence-corrected chi connectivity index (χ0v) is 13.1.